The van der Waals surface area contributed by atoms with Crippen molar-refractivity contribution in [2.45, 2.75) is 40.2 Å². The second kappa shape index (κ2) is 11.2. The number of hydrogen-bond acceptors (Lipinski definition) is 7. The minimum Gasteiger partial charge on any atom is -0.492 e. The summed E-state index contributed by atoms with van der Waals surface area (Å²) in [7, 11) is 0. The van der Waals surface area contributed by atoms with E-state index in [-0.39, 0.29) is 18.4 Å². The van der Waals surface area contributed by atoms with Crippen molar-refractivity contribution >= 4 is 29.2 Å². The van der Waals surface area contributed by atoms with Gasteiger partial charge in [-0.3, -0.25) is 14.5 Å². The molecule has 0 aromatic heterocycles. The molecule has 2 saturated heterocycles. The van der Waals surface area contributed by atoms with Crippen molar-refractivity contribution in [3.63, 3.8) is 0 Å². The predicted molar refractivity (Wildman–Crippen MR) is 124 cm³/mol. The van der Waals surface area contributed by atoms with Crippen molar-refractivity contribution < 1.29 is 28.6 Å². The van der Waals surface area contributed by atoms with Gasteiger partial charge in [-0.2, -0.15) is 0 Å². The van der Waals surface area contributed by atoms with Gasteiger partial charge in [0.2, 0.25) is 5.91 Å². The van der Waals surface area contributed by atoms with Gasteiger partial charge in [-0.25, -0.2) is 4.79 Å². The number of carbonyl (C=O) groups is 3. The summed E-state index contributed by atoms with van der Waals surface area (Å²) < 4.78 is 17.1. The molecule has 1 aromatic rings. The molecule has 2 fully saturated rings. The molecule has 10 nitrogen and oxygen atoms in total. The summed E-state index contributed by atoms with van der Waals surface area (Å²) in [6, 6.07) is 2.43. The average molecular weight is 463 g/mol. The van der Waals surface area contributed by atoms with Crippen LogP contribution < -0.4 is 25.0 Å². The Morgan fingerprint density at radius 2 is 1.82 bits per heavy atom. The van der Waals surface area contributed by atoms with Gasteiger partial charge >= 0.3 is 6.03 Å². The molecule has 0 saturated carbocycles. The van der Waals surface area contributed by atoms with Gasteiger partial charge in [-0.15, -0.1) is 0 Å². The molecule has 1 atom stereocenters. The third kappa shape index (κ3) is 6.07. The second-order valence-corrected chi connectivity index (χ2v) is 8.39. The van der Waals surface area contributed by atoms with Gasteiger partial charge in [-0.05, 0) is 26.2 Å². The molecule has 0 unspecified atom stereocenters. The van der Waals surface area contributed by atoms with Gasteiger partial charge < -0.3 is 29.7 Å². The van der Waals surface area contributed by atoms with E-state index < -0.39 is 18.0 Å². The van der Waals surface area contributed by atoms with Gasteiger partial charge in [0.15, 0.2) is 0 Å². The number of nitrogens with zero attached hydrogens (tertiary/aromatic N) is 2. The van der Waals surface area contributed by atoms with Crippen LogP contribution in [0.15, 0.2) is 12.1 Å². The van der Waals surface area contributed by atoms with Gasteiger partial charge in [0.1, 0.15) is 24.1 Å². The van der Waals surface area contributed by atoms with Crippen LogP contribution in [0.3, 0.4) is 0 Å². The summed E-state index contributed by atoms with van der Waals surface area (Å²) >= 11 is 0. The summed E-state index contributed by atoms with van der Waals surface area (Å²) in [5.74, 6) is 0.470. The molecule has 3 rings (SSSR count). The van der Waals surface area contributed by atoms with E-state index in [2.05, 4.69) is 15.5 Å². The number of urea groups is 1. The zero-order valence-corrected chi connectivity index (χ0v) is 19.8. The Morgan fingerprint density at radius 1 is 1.15 bits per heavy atom. The second-order valence-electron chi connectivity index (χ2n) is 8.39. The largest absolute Gasteiger partial charge is 0.492 e. The van der Waals surface area contributed by atoms with Crippen molar-refractivity contribution in [2.75, 3.05) is 56.3 Å². The number of anilines is 2. The normalized spacial score (nSPS) is 18.5. The molecule has 2 aliphatic rings. The van der Waals surface area contributed by atoms with E-state index in [4.69, 9.17) is 14.2 Å². The molecule has 1 aromatic carbocycles. The first kappa shape index (κ1) is 24.6. The SMILES string of the molecule is CCOc1cc(N2CCOCC2)c(OCC)cc1NC(=O)CN1C(=O)N[C@@H](CC(C)C)C1=O. The lowest BCUT2D eigenvalue weighted by Gasteiger charge is -2.31. The van der Waals surface area contributed by atoms with Crippen molar-refractivity contribution in [1.82, 2.24) is 10.2 Å². The Kier molecular flexibility index (Phi) is 8.37. The van der Waals surface area contributed by atoms with Crippen LogP contribution in [0.2, 0.25) is 0 Å². The first-order valence-corrected chi connectivity index (χ1v) is 11.5. The highest BCUT2D eigenvalue weighted by Gasteiger charge is 2.39. The van der Waals surface area contributed by atoms with Crippen LogP contribution in [-0.2, 0) is 14.3 Å². The minimum atomic E-state index is -0.596. The molecular formula is C23H34N4O6. The molecule has 10 heteroatoms. The number of morpholine rings is 1. The lowest BCUT2D eigenvalue weighted by atomic mass is 10.0. The fourth-order valence-electron chi connectivity index (χ4n) is 3.94. The van der Waals surface area contributed by atoms with Crippen LogP contribution >= 0.6 is 0 Å². The van der Waals surface area contributed by atoms with Crippen LogP contribution in [0.1, 0.15) is 34.1 Å². The van der Waals surface area contributed by atoms with Crippen molar-refractivity contribution in [3.05, 3.63) is 12.1 Å². The fourth-order valence-corrected chi connectivity index (χ4v) is 3.94. The lowest BCUT2D eigenvalue weighted by molar-refractivity contribution is -0.131. The van der Waals surface area contributed by atoms with Crippen LogP contribution in [0, 0.1) is 5.92 Å². The van der Waals surface area contributed by atoms with E-state index in [0.29, 0.717) is 50.0 Å². The third-order valence-electron chi connectivity index (χ3n) is 5.40. The van der Waals surface area contributed by atoms with Gasteiger partial charge in [0.05, 0.1) is 37.8 Å². The summed E-state index contributed by atoms with van der Waals surface area (Å²) in [5, 5.41) is 5.44. The highest BCUT2D eigenvalue weighted by atomic mass is 16.5. The Labute approximate surface area is 194 Å². The Hall–Kier alpha value is -3.01. The van der Waals surface area contributed by atoms with Crippen molar-refractivity contribution in [1.29, 1.82) is 0 Å². The zero-order valence-electron chi connectivity index (χ0n) is 19.8. The number of carbonyl (C=O) groups excluding carboxylic acids is 3. The number of hydrogen-bond donors (Lipinski definition) is 2. The van der Waals surface area contributed by atoms with E-state index in [1.165, 1.54) is 0 Å². The maximum atomic E-state index is 12.8. The molecule has 33 heavy (non-hydrogen) atoms. The maximum absolute atomic E-state index is 12.8. The van der Waals surface area contributed by atoms with E-state index in [1.54, 1.807) is 6.07 Å². The molecule has 182 valence electrons. The third-order valence-corrected chi connectivity index (χ3v) is 5.40. The van der Waals surface area contributed by atoms with Crippen molar-refractivity contribution in [3.8, 4) is 11.5 Å². The number of nitrogens with one attached hydrogen (secondary N) is 2. The standard InChI is InChI=1S/C23H34N4O6/c1-5-32-19-13-18(26-7-9-31-10-8-26)20(33-6-2)12-16(19)24-21(28)14-27-22(29)17(11-15(3)4)25-23(27)30/h12-13,15,17H,5-11,14H2,1-4H3,(H,24,28)(H,25,30)/t17-/m0/s1. The molecule has 2 aliphatic heterocycles. The first-order chi connectivity index (χ1) is 15.8. The van der Waals surface area contributed by atoms with Crippen molar-refractivity contribution in [2.24, 2.45) is 5.92 Å². The number of amides is 4. The van der Waals surface area contributed by atoms with Crippen LogP contribution in [-0.4, -0.2) is 74.8 Å². The number of ether oxygens (including phenoxy) is 3. The monoisotopic (exact) mass is 462 g/mol. The number of rotatable bonds is 10. The summed E-state index contributed by atoms with van der Waals surface area (Å²) in [5.41, 5.74) is 1.29. The molecule has 2 N–H and O–H groups in total. The quantitative estimate of drug-likeness (QED) is 0.513. The van der Waals surface area contributed by atoms with E-state index in [9.17, 15) is 14.4 Å². The Bertz CT molecular complexity index is 869. The maximum Gasteiger partial charge on any atom is 0.325 e. The van der Waals surface area contributed by atoms with E-state index in [0.717, 1.165) is 23.7 Å². The average Bonchev–Trinajstić information content (AvgIpc) is 3.03. The van der Waals surface area contributed by atoms with Crippen LogP contribution in [0.4, 0.5) is 16.2 Å². The minimum absolute atomic E-state index is 0.240. The molecule has 0 bridgehead atoms. The van der Waals surface area contributed by atoms with E-state index in [1.807, 2.05) is 33.8 Å². The number of imide groups is 1. The first-order valence-electron chi connectivity index (χ1n) is 11.5. The van der Waals surface area contributed by atoms with E-state index >= 15 is 0 Å². The lowest BCUT2D eigenvalue weighted by Crippen LogP contribution is -2.38. The topological polar surface area (TPSA) is 109 Å². The van der Waals surface area contributed by atoms with Crippen LogP contribution in [0.5, 0.6) is 11.5 Å². The molecule has 0 radical (unpaired) electrons. The smallest absolute Gasteiger partial charge is 0.325 e. The van der Waals surface area contributed by atoms with Gasteiger partial charge in [0, 0.05) is 25.2 Å². The Balaban J connectivity index is 1.78. The van der Waals surface area contributed by atoms with Gasteiger partial charge in [-0.1, -0.05) is 13.8 Å². The Morgan fingerprint density at radius 3 is 2.45 bits per heavy atom. The molecule has 0 spiro atoms. The number of benzene rings is 1. The molecule has 4 amide bonds. The molecule has 2 heterocycles. The predicted octanol–water partition coefficient (Wildman–Crippen LogP) is 2.23. The summed E-state index contributed by atoms with van der Waals surface area (Å²) in [6.07, 6.45) is 0.526. The van der Waals surface area contributed by atoms with Gasteiger partial charge in [0.25, 0.3) is 5.91 Å². The fraction of sp³-hybridized carbons (Fsp3) is 0.609. The highest BCUT2D eigenvalue weighted by molar-refractivity contribution is 6.08. The summed E-state index contributed by atoms with van der Waals surface area (Å²) in [6.45, 7) is 10.9. The van der Waals surface area contributed by atoms with Crippen LogP contribution in [0.25, 0.3) is 0 Å². The highest BCUT2D eigenvalue weighted by Crippen LogP contribution is 2.39. The summed E-state index contributed by atoms with van der Waals surface area (Å²) in [4.78, 5) is 40.7. The zero-order chi connectivity index (χ0) is 24.0. The molecular weight excluding hydrogens is 428 g/mol. The molecule has 0 aliphatic carbocycles.